The molecular weight excluding hydrogens is 260 g/mol. The van der Waals surface area contributed by atoms with Crippen molar-refractivity contribution in [1.82, 2.24) is 0 Å². The first-order chi connectivity index (χ1) is 10.4. The Morgan fingerprint density at radius 2 is 1.62 bits per heavy atom. The van der Waals surface area contributed by atoms with Crippen molar-refractivity contribution in [1.29, 1.82) is 0 Å². The van der Waals surface area contributed by atoms with E-state index in [-0.39, 0.29) is 5.92 Å². The maximum atomic E-state index is 5.64. The van der Waals surface area contributed by atoms with Gasteiger partial charge in [0.15, 0.2) is 0 Å². The fourth-order valence-electron chi connectivity index (χ4n) is 3.06. The number of nitrogens with two attached hydrogens (primary N) is 1. The number of rotatable bonds is 2. The third-order valence-electron chi connectivity index (χ3n) is 4.01. The highest BCUT2D eigenvalue weighted by Gasteiger charge is 2.40. The Hall–Kier alpha value is -2.75. The second-order valence-electron chi connectivity index (χ2n) is 5.23. The normalized spacial score (nSPS) is 21.0. The fraction of sp³-hybridized carbons (Fsp3) is 0.118. The van der Waals surface area contributed by atoms with E-state index in [1.807, 2.05) is 36.4 Å². The first-order valence-corrected chi connectivity index (χ1v) is 6.94. The van der Waals surface area contributed by atoms with E-state index in [4.69, 9.17) is 5.84 Å². The van der Waals surface area contributed by atoms with Gasteiger partial charge in [-0.2, -0.15) is 15.3 Å². The van der Waals surface area contributed by atoms with Gasteiger partial charge in [0.25, 0.3) is 0 Å². The smallest absolute Gasteiger partial charge is 0.0889 e. The molecular formula is C17H14N4. The van der Waals surface area contributed by atoms with Crippen LogP contribution >= 0.6 is 0 Å². The van der Waals surface area contributed by atoms with Gasteiger partial charge in [-0.25, -0.2) is 0 Å². The summed E-state index contributed by atoms with van der Waals surface area (Å²) in [6, 6.07) is 18.4. The minimum atomic E-state index is 0.00704. The van der Waals surface area contributed by atoms with Gasteiger partial charge in [-0.05, 0) is 5.56 Å². The van der Waals surface area contributed by atoms with Crippen LogP contribution in [0, 0.1) is 5.92 Å². The van der Waals surface area contributed by atoms with Crippen molar-refractivity contribution in [2.45, 2.75) is 6.42 Å². The summed E-state index contributed by atoms with van der Waals surface area (Å²) in [6.45, 7) is 0. The molecule has 4 rings (SSSR count). The second kappa shape index (κ2) is 4.66. The zero-order valence-electron chi connectivity index (χ0n) is 11.4. The topological polar surface area (TPSA) is 63.1 Å². The van der Waals surface area contributed by atoms with E-state index in [9.17, 15) is 0 Å². The summed E-state index contributed by atoms with van der Waals surface area (Å²) in [6.07, 6.45) is 0.769. The molecule has 2 aromatic carbocycles. The van der Waals surface area contributed by atoms with E-state index in [2.05, 4.69) is 33.5 Å². The van der Waals surface area contributed by atoms with Gasteiger partial charge in [0, 0.05) is 17.5 Å². The predicted octanol–water partition coefficient (Wildman–Crippen LogP) is 2.38. The summed E-state index contributed by atoms with van der Waals surface area (Å²) in [7, 11) is 0. The van der Waals surface area contributed by atoms with Crippen LogP contribution in [-0.4, -0.2) is 17.1 Å². The van der Waals surface area contributed by atoms with Gasteiger partial charge in [-0.1, -0.05) is 54.6 Å². The van der Waals surface area contributed by atoms with Crippen LogP contribution in [0.1, 0.15) is 16.7 Å². The Kier molecular flexibility index (Phi) is 2.67. The Balaban J connectivity index is 1.72. The molecule has 1 heterocycles. The second-order valence-corrected chi connectivity index (χ2v) is 5.23. The Morgan fingerprint density at radius 3 is 2.38 bits per heavy atom. The summed E-state index contributed by atoms with van der Waals surface area (Å²) < 4.78 is 0. The van der Waals surface area contributed by atoms with E-state index in [1.54, 1.807) is 0 Å². The molecule has 0 amide bonds. The van der Waals surface area contributed by atoms with Crippen molar-refractivity contribution in [2.24, 2.45) is 27.1 Å². The van der Waals surface area contributed by atoms with Gasteiger partial charge in [-0.3, -0.25) is 0 Å². The molecule has 0 fully saturated rings. The Morgan fingerprint density at radius 1 is 0.905 bits per heavy atom. The van der Waals surface area contributed by atoms with Gasteiger partial charge in [0.2, 0.25) is 0 Å². The highest BCUT2D eigenvalue weighted by Crippen LogP contribution is 2.33. The minimum absolute atomic E-state index is 0.00704. The summed E-state index contributed by atoms with van der Waals surface area (Å²) >= 11 is 0. The molecule has 0 bridgehead atoms. The van der Waals surface area contributed by atoms with Crippen molar-refractivity contribution in [3.63, 3.8) is 0 Å². The van der Waals surface area contributed by atoms with Crippen molar-refractivity contribution in [2.75, 3.05) is 0 Å². The largest absolute Gasteiger partial charge is 0.323 e. The third kappa shape index (κ3) is 1.80. The summed E-state index contributed by atoms with van der Waals surface area (Å²) in [5.41, 5.74) is 6.25. The standard InChI is InChI=1S/C17H14N4/c18-19-16-12-8-4-5-9-13(12)17-15(16)14(20-21-17)10-11-6-2-1-3-7-11/h1-9,15H,10,18H2/b19-16-/t15-/m1/s1. The van der Waals surface area contributed by atoms with Crippen molar-refractivity contribution in [3.05, 3.63) is 71.3 Å². The molecule has 0 spiro atoms. The number of fused-ring (bicyclic) bond motifs is 3. The van der Waals surface area contributed by atoms with Gasteiger partial charge in [0.05, 0.1) is 23.1 Å². The van der Waals surface area contributed by atoms with Crippen LogP contribution in [0.5, 0.6) is 0 Å². The molecule has 0 aromatic heterocycles. The molecule has 0 radical (unpaired) electrons. The lowest BCUT2D eigenvalue weighted by Gasteiger charge is -2.09. The van der Waals surface area contributed by atoms with E-state index in [1.165, 1.54) is 5.56 Å². The highest BCUT2D eigenvalue weighted by atomic mass is 15.3. The molecule has 2 aliphatic rings. The van der Waals surface area contributed by atoms with E-state index in [0.29, 0.717) is 0 Å². The first kappa shape index (κ1) is 12.0. The van der Waals surface area contributed by atoms with Crippen molar-refractivity contribution >= 4 is 17.1 Å². The molecule has 1 atom stereocenters. The molecule has 0 saturated carbocycles. The number of nitrogens with zero attached hydrogens (tertiary/aromatic N) is 3. The van der Waals surface area contributed by atoms with Crippen LogP contribution in [0.15, 0.2) is 69.9 Å². The highest BCUT2D eigenvalue weighted by molar-refractivity contribution is 6.40. The maximum Gasteiger partial charge on any atom is 0.0889 e. The SMILES string of the molecule is N/N=C1/c2ccccc2C2=NN=C(Cc3ccccc3)[C@@H]21. The van der Waals surface area contributed by atoms with E-state index < -0.39 is 0 Å². The molecule has 4 heteroatoms. The number of benzene rings is 2. The zero-order valence-corrected chi connectivity index (χ0v) is 11.4. The number of hydrogen-bond donors (Lipinski definition) is 1. The quantitative estimate of drug-likeness (QED) is 0.663. The predicted molar refractivity (Wildman–Crippen MR) is 84.8 cm³/mol. The molecule has 1 aliphatic carbocycles. The van der Waals surface area contributed by atoms with Crippen LogP contribution < -0.4 is 5.84 Å². The number of hydrogen-bond acceptors (Lipinski definition) is 4. The molecule has 21 heavy (non-hydrogen) atoms. The lowest BCUT2D eigenvalue weighted by atomic mass is 9.92. The van der Waals surface area contributed by atoms with Crippen LogP contribution in [0.3, 0.4) is 0 Å². The minimum Gasteiger partial charge on any atom is -0.323 e. The van der Waals surface area contributed by atoms with Crippen molar-refractivity contribution < 1.29 is 0 Å². The Bertz CT molecular complexity index is 772. The van der Waals surface area contributed by atoms with Gasteiger partial charge in [-0.15, -0.1) is 0 Å². The average molecular weight is 274 g/mol. The van der Waals surface area contributed by atoms with Gasteiger partial charge >= 0.3 is 0 Å². The first-order valence-electron chi connectivity index (χ1n) is 6.94. The third-order valence-corrected chi connectivity index (χ3v) is 4.01. The molecule has 4 nitrogen and oxygen atoms in total. The lowest BCUT2D eigenvalue weighted by molar-refractivity contribution is 1.15. The van der Waals surface area contributed by atoms with Crippen LogP contribution in [-0.2, 0) is 6.42 Å². The van der Waals surface area contributed by atoms with E-state index in [0.717, 1.165) is 34.7 Å². The van der Waals surface area contributed by atoms with E-state index >= 15 is 0 Å². The Labute approximate surface area is 122 Å². The maximum absolute atomic E-state index is 5.64. The van der Waals surface area contributed by atoms with Crippen LogP contribution in [0.2, 0.25) is 0 Å². The van der Waals surface area contributed by atoms with Crippen molar-refractivity contribution in [3.8, 4) is 0 Å². The summed E-state index contributed by atoms with van der Waals surface area (Å²) in [5.74, 6) is 5.65. The van der Waals surface area contributed by atoms with Crippen LogP contribution in [0.4, 0.5) is 0 Å². The van der Waals surface area contributed by atoms with Crippen LogP contribution in [0.25, 0.3) is 0 Å². The molecule has 2 N–H and O–H groups in total. The van der Waals surface area contributed by atoms with Gasteiger partial charge in [0.1, 0.15) is 0 Å². The zero-order chi connectivity index (χ0) is 14.2. The summed E-state index contributed by atoms with van der Waals surface area (Å²) in [4.78, 5) is 0. The lowest BCUT2D eigenvalue weighted by Crippen LogP contribution is -2.25. The van der Waals surface area contributed by atoms with Gasteiger partial charge < -0.3 is 5.84 Å². The fourth-order valence-corrected chi connectivity index (χ4v) is 3.06. The molecule has 0 unspecified atom stereocenters. The average Bonchev–Trinajstić information content (AvgIpc) is 3.07. The monoisotopic (exact) mass is 274 g/mol. The number of hydrazone groups is 1. The molecule has 2 aromatic rings. The summed E-state index contributed by atoms with van der Waals surface area (Å²) in [5, 5.41) is 12.8. The molecule has 0 saturated heterocycles. The molecule has 1 aliphatic heterocycles. The molecule has 102 valence electrons.